The molecule has 10 heteroatoms. The molecular weight excluding hydrogens is 415 g/mol. The van der Waals surface area contributed by atoms with E-state index in [1.54, 1.807) is 26.4 Å². The third-order valence-corrected chi connectivity index (χ3v) is 5.48. The summed E-state index contributed by atoms with van der Waals surface area (Å²) in [5.41, 5.74) is 1.46. The van der Waals surface area contributed by atoms with Crippen molar-refractivity contribution in [3.8, 4) is 17.2 Å². The van der Waals surface area contributed by atoms with Crippen LogP contribution >= 0.6 is 0 Å². The van der Waals surface area contributed by atoms with Crippen LogP contribution in [0.3, 0.4) is 0 Å². The summed E-state index contributed by atoms with van der Waals surface area (Å²) in [5.74, 6) is 1.60. The van der Waals surface area contributed by atoms with Gasteiger partial charge in [-0.15, -0.1) is 5.10 Å². The molecule has 168 valence electrons. The molecule has 0 saturated carbocycles. The Morgan fingerprint density at radius 2 is 1.81 bits per heavy atom. The molecule has 0 N–H and O–H groups in total. The molecule has 1 aliphatic heterocycles. The van der Waals surface area contributed by atoms with E-state index >= 15 is 0 Å². The Bertz CT molecular complexity index is 1080. The molecule has 3 aromatic rings. The van der Waals surface area contributed by atoms with Crippen LogP contribution in [0.5, 0.6) is 11.5 Å². The Morgan fingerprint density at radius 1 is 1.03 bits per heavy atom. The van der Waals surface area contributed by atoms with Crippen LogP contribution in [0.2, 0.25) is 0 Å². The van der Waals surface area contributed by atoms with E-state index < -0.39 is 0 Å². The topological polar surface area (TPSA) is 85.6 Å². The molecule has 4 rings (SSSR count). The Balaban J connectivity index is 1.33. The molecule has 2 aromatic carbocycles. The van der Waals surface area contributed by atoms with Gasteiger partial charge in [-0.1, -0.05) is 12.1 Å². The smallest absolute Gasteiger partial charge is 0.227 e. The van der Waals surface area contributed by atoms with Crippen LogP contribution in [-0.2, 0) is 17.8 Å². The number of tetrazole rings is 1. The van der Waals surface area contributed by atoms with Crippen LogP contribution in [0.25, 0.3) is 5.69 Å². The molecule has 1 fully saturated rings. The van der Waals surface area contributed by atoms with E-state index in [0.717, 1.165) is 5.56 Å². The zero-order chi connectivity index (χ0) is 22.5. The average molecular weight is 440 g/mol. The highest BCUT2D eigenvalue weighted by atomic mass is 19.1. The number of piperazine rings is 1. The third-order valence-electron chi connectivity index (χ3n) is 5.48. The van der Waals surface area contributed by atoms with Gasteiger partial charge in [0.2, 0.25) is 5.91 Å². The fourth-order valence-electron chi connectivity index (χ4n) is 3.75. The number of amides is 1. The van der Waals surface area contributed by atoms with Crippen molar-refractivity contribution in [1.82, 2.24) is 30.0 Å². The van der Waals surface area contributed by atoms with Crippen molar-refractivity contribution in [3.63, 3.8) is 0 Å². The Kier molecular flexibility index (Phi) is 6.60. The summed E-state index contributed by atoms with van der Waals surface area (Å²) < 4.78 is 25.7. The fourth-order valence-corrected chi connectivity index (χ4v) is 3.75. The minimum atomic E-state index is -0.342. The molecule has 1 amide bonds. The van der Waals surface area contributed by atoms with Crippen molar-refractivity contribution in [3.05, 3.63) is 59.7 Å². The molecule has 1 saturated heterocycles. The van der Waals surface area contributed by atoms with Crippen LogP contribution in [0, 0.1) is 5.82 Å². The summed E-state index contributed by atoms with van der Waals surface area (Å²) in [6.45, 7) is 3.16. The predicted molar refractivity (Wildman–Crippen MR) is 114 cm³/mol. The maximum atomic E-state index is 13.6. The minimum Gasteiger partial charge on any atom is -0.493 e. The Labute approximate surface area is 185 Å². The zero-order valence-corrected chi connectivity index (χ0v) is 18.1. The molecule has 0 aliphatic carbocycles. The maximum absolute atomic E-state index is 13.6. The van der Waals surface area contributed by atoms with Crippen LogP contribution in [0.4, 0.5) is 4.39 Å². The monoisotopic (exact) mass is 440 g/mol. The number of nitrogens with zero attached hydrogens (tertiary/aromatic N) is 6. The lowest BCUT2D eigenvalue weighted by Crippen LogP contribution is -2.49. The first-order valence-electron chi connectivity index (χ1n) is 10.3. The average Bonchev–Trinajstić information content (AvgIpc) is 3.27. The second kappa shape index (κ2) is 9.73. The summed E-state index contributed by atoms with van der Waals surface area (Å²) in [6, 6.07) is 11.7. The molecule has 0 radical (unpaired) electrons. The van der Waals surface area contributed by atoms with Crippen molar-refractivity contribution >= 4 is 5.91 Å². The highest BCUT2D eigenvalue weighted by Crippen LogP contribution is 2.28. The number of rotatable bonds is 7. The van der Waals surface area contributed by atoms with Gasteiger partial charge in [-0.05, 0) is 46.3 Å². The van der Waals surface area contributed by atoms with Crippen molar-refractivity contribution in [1.29, 1.82) is 0 Å². The normalized spacial score (nSPS) is 14.4. The third kappa shape index (κ3) is 4.86. The maximum Gasteiger partial charge on any atom is 0.227 e. The number of hydrogen-bond acceptors (Lipinski definition) is 7. The zero-order valence-electron chi connectivity index (χ0n) is 18.1. The van der Waals surface area contributed by atoms with Crippen molar-refractivity contribution in [2.75, 3.05) is 40.4 Å². The second-order valence-corrected chi connectivity index (χ2v) is 7.51. The summed E-state index contributed by atoms with van der Waals surface area (Å²) >= 11 is 0. The lowest BCUT2D eigenvalue weighted by Gasteiger charge is -2.34. The molecule has 1 aromatic heterocycles. The molecule has 0 atom stereocenters. The number of carbonyl (C=O) groups excluding carboxylic acids is 1. The van der Waals surface area contributed by atoms with Gasteiger partial charge < -0.3 is 14.4 Å². The fraction of sp³-hybridized carbons (Fsp3) is 0.364. The molecular formula is C22H25FN6O3. The van der Waals surface area contributed by atoms with Gasteiger partial charge >= 0.3 is 0 Å². The number of methoxy groups -OCH3 is 2. The predicted octanol–water partition coefficient (Wildman–Crippen LogP) is 1.71. The van der Waals surface area contributed by atoms with E-state index in [0.29, 0.717) is 62.2 Å². The SMILES string of the molecule is COc1ccc(CC(=O)N2CCN(Cc3nnnn3-c3cccc(F)c3)CC2)cc1OC. The van der Waals surface area contributed by atoms with Crippen molar-refractivity contribution in [2.24, 2.45) is 0 Å². The number of carbonyl (C=O) groups is 1. The van der Waals surface area contributed by atoms with E-state index in [9.17, 15) is 9.18 Å². The lowest BCUT2D eigenvalue weighted by atomic mass is 10.1. The summed E-state index contributed by atoms with van der Waals surface area (Å²) in [6.07, 6.45) is 0.304. The van der Waals surface area contributed by atoms with Gasteiger partial charge in [0, 0.05) is 26.2 Å². The summed E-state index contributed by atoms with van der Waals surface area (Å²) in [5, 5.41) is 11.8. The summed E-state index contributed by atoms with van der Waals surface area (Å²) in [4.78, 5) is 16.8. The van der Waals surface area contributed by atoms with Crippen LogP contribution in [0.15, 0.2) is 42.5 Å². The second-order valence-electron chi connectivity index (χ2n) is 7.51. The van der Waals surface area contributed by atoms with Gasteiger partial charge in [-0.2, -0.15) is 4.68 Å². The number of halogens is 1. The number of ether oxygens (including phenoxy) is 2. The van der Waals surface area contributed by atoms with Crippen LogP contribution in [0.1, 0.15) is 11.4 Å². The van der Waals surface area contributed by atoms with E-state index in [1.807, 2.05) is 23.1 Å². The molecule has 32 heavy (non-hydrogen) atoms. The minimum absolute atomic E-state index is 0.0708. The van der Waals surface area contributed by atoms with E-state index in [2.05, 4.69) is 20.4 Å². The van der Waals surface area contributed by atoms with E-state index in [4.69, 9.17) is 9.47 Å². The molecule has 1 aliphatic rings. The van der Waals surface area contributed by atoms with Gasteiger partial charge in [0.1, 0.15) is 5.82 Å². The van der Waals surface area contributed by atoms with Crippen molar-refractivity contribution < 1.29 is 18.7 Å². The van der Waals surface area contributed by atoms with E-state index in [-0.39, 0.29) is 11.7 Å². The Hall–Kier alpha value is -3.53. The van der Waals surface area contributed by atoms with Gasteiger partial charge in [0.25, 0.3) is 0 Å². The van der Waals surface area contributed by atoms with Gasteiger partial charge in [0.15, 0.2) is 17.3 Å². The van der Waals surface area contributed by atoms with Crippen LogP contribution in [-0.4, -0.2) is 76.3 Å². The number of aromatic nitrogens is 4. The molecule has 0 unspecified atom stereocenters. The van der Waals surface area contributed by atoms with Crippen molar-refractivity contribution in [2.45, 2.75) is 13.0 Å². The quantitative estimate of drug-likeness (QED) is 0.553. The lowest BCUT2D eigenvalue weighted by molar-refractivity contribution is -0.132. The van der Waals surface area contributed by atoms with Gasteiger partial charge in [-0.25, -0.2) is 4.39 Å². The first-order chi connectivity index (χ1) is 15.6. The number of benzene rings is 2. The highest BCUT2D eigenvalue weighted by molar-refractivity contribution is 5.79. The molecule has 0 spiro atoms. The standard InChI is InChI=1S/C22H25FN6O3/c1-31-19-7-6-16(12-20(19)32-2)13-22(30)28-10-8-27(9-11-28)15-21-24-25-26-29(21)18-5-3-4-17(23)14-18/h3-7,12,14H,8-11,13,15H2,1-2H3. The molecule has 2 heterocycles. The van der Waals surface area contributed by atoms with E-state index in [1.165, 1.54) is 16.8 Å². The number of hydrogen-bond donors (Lipinski definition) is 0. The molecule has 0 bridgehead atoms. The summed E-state index contributed by atoms with van der Waals surface area (Å²) in [7, 11) is 3.16. The first kappa shape index (κ1) is 21.7. The highest BCUT2D eigenvalue weighted by Gasteiger charge is 2.23. The van der Waals surface area contributed by atoms with Gasteiger partial charge in [-0.3, -0.25) is 9.69 Å². The van der Waals surface area contributed by atoms with Crippen LogP contribution < -0.4 is 9.47 Å². The largest absolute Gasteiger partial charge is 0.493 e. The first-order valence-corrected chi connectivity index (χ1v) is 10.3. The molecule has 9 nitrogen and oxygen atoms in total. The Morgan fingerprint density at radius 3 is 2.53 bits per heavy atom. The van der Waals surface area contributed by atoms with Gasteiger partial charge in [0.05, 0.1) is 32.9 Å².